The Morgan fingerprint density at radius 3 is 2.59 bits per heavy atom. The molecule has 1 saturated heterocycles. The molecule has 8 nitrogen and oxygen atoms in total. The predicted octanol–water partition coefficient (Wildman–Crippen LogP) is 3.52. The van der Waals surface area contributed by atoms with Crippen LogP contribution in [0.15, 0.2) is 47.4 Å². The molecule has 34 heavy (non-hydrogen) atoms. The van der Waals surface area contributed by atoms with E-state index in [-0.39, 0.29) is 16.8 Å². The largest absolute Gasteiger partial charge is 0.494 e. The molecule has 0 saturated carbocycles. The van der Waals surface area contributed by atoms with Crippen molar-refractivity contribution in [2.24, 2.45) is 7.05 Å². The number of likely N-dealkylation sites (tertiary alicyclic amines) is 1. The van der Waals surface area contributed by atoms with Crippen molar-refractivity contribution in [3.8, 4) is 5.75 Å². The van der Waals surface area contributed by atoms with Crippen molar-refractivity contribution < 1.29 is 17.9 Å². The Morgan fingerprint density at radius 1 is 1.18 bits per heavy atom. The fraction of sp³-hybridized carbons (Fsp3) is 0.440. The minimum Gasteiger partial charge on any atom is -0.494 e. The Labute approximate surface area is 201 Å². The topological polar surface area (TPSA) is 84.7 Å². The van der Waals surface area contributed by atoms with Gasteiger partial charge in [-0.1, -0.05) is 12.1 Å². The first kappa shape index (κ1) is 24.2. The number of fused-ring (bicyclic) bond motifs is 1. The molecular weight excluding hydrogens is 452 g/mol. The maximum Gasteiger partial charge on any atom is 0.242 e. The highest BCUT2D eigenvalue weighted by atomic mass is 32.2. The fourth-order valence-electron chi connectivity index (χ4n) is 4.55. The van der Waals surface area contributed by atoms with E-state index in [2.05, 4.69) is 4.98 Å². The molecule has 1 atom stereocenters. The Morgan fingerprint density at radius 2 is 1.91 bits per heavy atom. The second-order valence-electron chi connectivity index (χ2n) is 8.77. The molecule has 1 aliphatic heterocycles. The summed E-state index contributed by atoms with van der Waals surface area (Å²) in [7, 11) is 1.38. The van der Waals surface area contributed by atoms with E-state index in [9.17, 15) is 13.2 Å². The van der Waals surface area contributed by atoms with Gasteiger partial charge >= 0.3 is 0 Å². The van der Waals surface area contributed by atoms with E-state index >= 15 is 0 Å². The molecule has 2 aromatic carbocycles. The van der Waals surface area contributed by atoms with Gasteiger partial charge < -0.3 is 14.2 Å². The number of benzene rings is 2. The highest BCUT2D eigenvalue weighted by Crippen LogP contribution is 2.33. The Bertz CT molecular complexity index is 1280. The van der Waals surface area contributed by atoms with Crippen molar-refractivity contribution in [1.29, 1.82) is 0 Å². The average molecular weight is 485 g/mol. The lowest BCUT2D eigenvalue weighted by molar-refractivity contribution is -0.132. The average Bonchev–Trinajstić information content (AvgIpc) is 3.43. The number of hydrogen-bond donors (Lipinski definition) is 0. The molecule has 0 spiro atoms. The summed E-state index contributed by atoms with van der Waals surface area (Å²) >= 11 is 0. The molecular formula is C25H32N4O4S. The predicted molar refractivity (Wildman–Crippen MR) is 131 cm³/mol. The van der Waals surface area contributed by atoms with Crippen LogP contribution in [0, 0.1) is 0 Å². The second kappa shape index (κ2) is 9.76. The summed E-state index contributed by atoms with van der Waals surface area (Å²) in [5.41, 5.74) is 2.58. The number of imidazole rings is 1. The van der Waals surface area contributed by atoms with Gasteiger partial charge in [-0.05, 0) is 55.7 Å². The summed E-state index contributed by atoms with van der Waals surface area (Å²) in [5.74, 6) is 1.71. The van der Waals surface area contributed by atoms with E-state index in [0.29, 0.717) is 25.0 Å². The minimum atomic E-state index is -3.53. The first-order chi connectivity index (χ1) is 16.2. The Hall–Kier alpha value is -2.91. The van der Waals surface area contributed by atoms with Gasteiger partial charge in [0, 0.05) is 40.5 Å². The molecule has 1 aromatic heterocycles. The number of amides is 1. The van der Waals surface area contributed by atoms with Crippen LogP contribution in [0.1, 0.15) is 43.6 Å². The van der Waals surface area contributed by atoms with Crippen molar-refractivity contribution >= 4 is 27.0 Å². The van der Waals surface area contributed by atoms with Crippen LogP contribution in [0.25, 0.3) is 11.0 Å². The molecule has 0 bridgehead atoms. The monoisotopic (exact) mass is 484 g/mol. The number of carbonyl (C=O) groups excluding carboxylic acids is 1. The van der Waals surface area contributed by atoms with Gasteiger partial charge in [0.05, 0.1) is 28.6 Å². The summed E-state index contributed by atoms with van der Waals surface area (Å²) in [4.78, 5) is 20.0. The van der Waals surface area contributed by atoms with Crippen LogP contribution in [-0.4, -0.2) is 60.3 Å². The zero-order valence-corrected chi connectivity index (χ0v) is 21.0. The number of aromatic nitrogens is 2. The van der Waals surface area contributed by atoms with E-state index < -0.39 is 10.0 Å². The minimum absolute atomic E-state index is 0.0856. The number of carbonyl (C=O) groups is 1. The highest BCUT2D eigenvalue weighted by molar-refractivity contribution is 7.89. The quantitative estimate of drug-likeness (QED) is 0.488. The zero-order valence-electron chi connectivity index (χ0n) is 20.2. The van der Waals surface area contributed by atoms with Gasteiger partial charge in [-0.3, -0.25) is 4.79 Å². The van der Waals surface area contributed by atoms with Crippen LogP contribution in [-0.2, 0) is 28.3 Å². The molecule has 1 fully saturated rings. The summed E-state index contributed by atoms with van der Waals surface area (Å²) in [6, 6.07) is 13.1. The molecule has 1 aliphatic rings. The molecule has 0 N–H and O–H groups in total. The van der Waals surface area contributed by atoms with E-state index in [1.165, 1.54) is 18.4 Å². The standard InChI is InChI=1S/C25H32N4O4S/c1-5-33-19-10-8-18(9-11-19)22-7-6-16-29(22)25(30)15-14-24-26-21-17-20(34(31,32)27(2)3)12-13-23(21)28(24)4/h8-13,17,22H,5-7,14-16H2,1-4H3. The maximum absolute atomic E-state index is 13.1. The number of aryl methyl sites for hydroxylation is 2. The summed E-state index contributed by atoms with van der Waals surface area (Å²) in [5, 5.41) is 0. The second-order valence-corrected chi connectivity index (χ2v) is 10.9. The molecule has 4 rings (SSSR count). The third-order valence-corrected chi connectivity index (χ3v) is 8.25. The lowest BCUT2D eigenvalue weighted by Gasteiger charge is -2.25. The van der Waals surface area contributed by atoms with Crippen molar-refractivity contribution in [3.05, 3.63) is 53.9 Å². The zero-order chi connectivity index (χ0) is 24.5. The Balaban J connectivity index is 1.47. The van der Waals surface area contributed by atoms with Gasteiger partial charge in [0.15, 0.2) is 0 Å². The third-order valence-electron chi connectivity index (χ3n) is 6.43. The SMILES string of the molecule is CCOc1ccc(C2CCCN2C(=O)CCc2nc3cc(S(=O)(=O)N(C)C)ccc3n2C)cc1. The first-order valence-corrected chi connectivity index (χ1v) is 13.1. The summed E-state index contributed by atoms with van der Waals surface area (Å²) in [6.45, 7) is 3.34. The lowest BCUT2D eigenvalue weighted by Crippen LogP contribution is -2.30. The molecule has 3 aromatic rings. The molecule has 1 unspecified atom stereocenters. The van der Waals surface area contributed by atoms with E-state index in [1.807, 2.05) is 47.7 Å². The molecule has 2 heterocycles. The molecule has 9 heteroatoms. The van der Waals surface area contributed by atoms with Gasteiger partial charge in [0.2, 0.25) is 15.9 Å². The van der Waals surface area contributed by atoms with Crippen LogP contribution >= 0.6 is 0 Å². The lowest BCUT2D eigenvalue weighted by atomic mass is 10.0. The molecule has 1 amide bonds. The van der Waals surface area contributed by atoms with Gasteiger partial charge in [-0.2, -0.15) is 0 Å². The van der Waals surface area contributed by atoms with Crippen molar-refractivity contribution in [2.75, 3.05) is 27.2 Å². The smallest absolute Gasteiger partial charge is 0.242 e. The van der Waals surface area contributed by atoms with Gasteiger partial charge in [0.1, 0.15) is 11.6 Å². The van der Waals surface area contributed by atoms with Crippen LogP contribution in [0.2, 0.25) is 0 Å². The number of ether oxygens (including phenoxy) is 1. The number of rotatable bonds is 8. The molecule has 0 aliphatic carbocycles. The highest BCUT2D eigenvalue weighted by Gasteiger charge is 2.30. The van der Waals surface area contributed by atoms with Crippen LogP contribution in [0.5, 0.6) is 5.75 Å². The fourth-order valence-corrected chi connectivity index (χ4v) is 5.47. The van der Waals surface area contributed by atoms with E-state index in [0.717, 1.165) is 42.0 Å². The summed E-state index contributed by atoms with van der Waals surface area (Å²) < 4.78 is 33.6. The van der Waals surface area contributed by atoms with Gasteiger partial charge in [0.25, 0.3) is 0 Å². The maximum atomic E-state index is 13.1. The first-order valence-electron chi connectivity index (χ1n) is 11.6. The molecule has 0 radical (unpaired) electrons. The normalized spacial score (nSPS) is 16.5. The number of sulfonamides is 1. The van der Waals surface area contributed by atoms with Gasteiger partial charge in [-0.25, -0.2) is 17.7 Å². The van der Waals surface area contributed by atoms with Crippen LogP contribution < -0.4 is 4.74 Å². The number of hydrogen-bond acceptors (Lipinski definition) is 5. The van der Waals surface area contributed by atoms with E-state index in [4.69, 9.17) is 4.74 Å². The van der Waals surface area contributed by atoms with Crippen LogP contribution in [0.4, 0.5) is 0 Å². The van der Waals surface area contributed by atoms with E-state index in [1.54, 1.807) is 18.2 Å². The Kier molecular flexibility index (Phi) is 6.95. The van der Waals surface area contributed by atoms with Gasteiger partial charge in [-0.15, -0.1) is 0 Å². The van der Waals surface area contributed by atoms with Crippen molar-refractivity contribution in [3.63, 3.8) is 0 Å². The van der Waals surface area contributed by atoms with Crippen molar-refractivity contribution in [2.45, 2.75) is 43.5 Å². The van der Waals surface area contributed by atoms with Crippen LogP contribution in [0.3, 0.4) is 0 Å². The third kappa shape index (κ3) is 4.67. The van der Waals surface area contributed by atoms with Crippen molar-refractivity contribution in [1.82, 2.24) is 18.8 Å². The molecule has 182 valence electrons. The number of nitrogens with zero attached hydrogens (tertiary/aromatic N) is 4. The summed E-state index contributed by atoms with van der Waals surface area (Å²) in [6.07, 6.45) is 2.79.